The number of nitrogen functional groups attached to an aromatic ring is 1. The number of hydrogen-bond acceptors (Lipinski definition) is 3. The first kappa shape index (κ1) is 15.2. The lowest BCUT2D eigenvalue weighted by atomic mass is 10.0. The Kier molecular flexibility index (Phi) is 4.42. The fraction of sp³-hybridized carbons (Fsp3) is 0.471. The number of anilines is 1. The molecule has 0 heterocycles. The van der Waals surface area contributed by atoms with Crippen molar-refractivity contribution in [2.45, 2.75) is 45.1 Å². The first-order valence-corrected chi connectivity index (χ1v) is 7.19. The Morgan fingerprint density at radius 3 is 2.95 bits per heavy atom. The van der Waals surface area contributed by atoms with Crippen LogP contribution in [0.5, 0.6) is 0 Å². The van der Waals surface area contributed by atoms with Crippen LogP contribution in [0.4, 0.5) is 10.5 Å². The summed E-state index contributed by atoms with van der Waals surface area (Å²) in [5, 5.41) is 2.64. The molecule has 0 radical (unpaired) electrons. The zero-order valence-electron chi connectivity index (χ0n) is 12.8. The molecule has 0 aromatic heterocycles. The topological polar surface area (TPSA) is 64.3 Å². The predicted octanol–water partition coefficient (Wildman–Crippen LogP) is 2.83. The van der Waals surface area contributed by atoms with Crippen LogP contribution < -0.4 is 11.1 Å². The van der Waals surface area contributed by atoms with E-state index in [9.17, 15) is 4.79 Å². The zero-order valence-corrected chi connectivity index (χ0v) is 12.8. The van der Waals surface area contributed by atoms with Crippen molar-refractivity contribution in [2.75, 3.05) is 12.3 Å². The third-order valence-electron chi connectivity index (χ3n) is 3.24. The quantitative estimate of drug-likeness (QED) is 0.616. The summed E-state index contributed by atoms with van der Waals surface area (Å²) in [6.07, 6.45) is 1.61. The summed E-state index contributed by atoms with van der Waals surface area (Å²) in [5.41, 5.74) is 8.66. The highest BCUT2D eigenvalue weighted by Gasteiger charge is 2.20. The molecule has 1 aromatic rings. The van der Waals surface area contributed by atoms with Crippen molar-refractivity contribution in [1.82, 2.24) is 5.32 Å². The Hall–Kier alpha value is -2.15. The van der Waals surface area contributed by atoms with E-state index < -0.39 is 11.7 Å². The Morgan fingerprint density at radius 1 is 1.48 bits per heavy atom. The van der Waals surface area contributed by atoms with Crippen LogP contribution in [0.2, 0.25) is 0 Å². The Bertz CT molecular complexity index is 591. The molecule has 1 aliphatic carbocycles. The van der Waals surface area contributed by atoms with Crippen molar-refractivity contribution < 1.29 is 9.53 Å². The fourth-order valence-electron chi connectivity index (χ4n) is 2.38. The van der Waals surface area contributed by atoms with Gasteiger partial charge in [-0.05, 0) is 56.9 Å². The second-order valence-electron chi connectivity index (χ2n) is 6.23. The Balaban J connectivity index is 1.88. The van der Waals surface area contributed by atoms with E-state index >= 15 is 0 Å². The van der Waals surface area contributed by atoms with Crippen LogP contribution in [0.3, 0.4) is 0 Å². The number of nitrogens with two attached hydrogens (primary N) is 1. The van der Waals surface area contributed by atoms with Crippen molar-refractivity contribution in [3.63, 3.8) is 0 Å². The molecule has 3 N–H and O–H groups in total. The van der Waals surface area contributed by atoms with Gasteiger partial charge in [0.05, 0.1) is 6.54 Å². The van der Waals surface area contributed by atoms with Gasteiger partial charge < -0.3 is 15.8 Å². The number of aryl methyl sites for hydroxylation is 1. The van der Waals surface area contributed by atoms with Crippen LogP contribution in [0.25, 0.3) is 0 Å². The molecule has 1 atom stereocenters. The Labute approximate surface area is 126 Å². The number of fused-ring (bicyclic) bond motifs is 1. The molecule has 0 spiro atoms. The van der Waals surface area contributed by atoms with E-state index in [2.05, 4.69) is 23.2 Å². The average Bonchev–Trinajstić information content (AvgIpc) is 2.75. The number of carbonyl (C=O) groups excluding carboxylic acids is 1. The van der Waals surface area contributed by atoms with Crippen molar-refractivity contribution in [3.8, 4) is 11.8 Å². The highest BCUT2D eigenvalue weighted by molar-refractivity contribution is 5.68. The number of alkyl carbamates (subject to hydrolysis) is 1. The van der Waals surface area contributed by atoms with Crippen molar-refractivity contribution >= 4 is 11.8 Å². The SMILES string of the molecule is CC(C)(C)OC(=O)NCC#C[C@@H]1CCc2ccc(N)cc21. The summed E-state index contributed by atoms with van der Waals surface area (Å²) in [7, 11) is 0. The second kappa shape index (κ2) is 6.09. The minimum absolute atomic E-state index is 0.212. The Morgan fingerprint density at radius 2 is 2.24 bits per heavy atom. The van der Waals surface area contributed by atoms with Gasteiger partial charge in [-0.25, -0.2) is 4.79 Å². The number of nitrogens with one attached hydrogen (secondary N) is 1. The van der Waals surface area contributed by atoms with Crippen LogP contribution >= 0.6 is 0 Å². The zero-order chi connectivity index (χ0) is 15.5. The van der Waals surface area contributed by atoms with E-state index in [1.807, 2.05) is 32.9 Å². The molecule has 4 nitrogen and oxygen atoms in total. The fourth-order valence-corrected chi connectivity index (χ4v) is 2.38. The van der Waals surface area contributed by atoms with Gasteiger partial charge in [0, 0.05) is 11.6 Å². The molecule has 0 fully saturated rings. The number of rotatable bonds is 1. The maximum Gasteiger partial charge on any atom is 0.408 e. The van der Waals surface area contributed by atoms with Crippen LogP contribution in [0.15, 0.2) is 18.2 Å². The van der Waals surface area contributed by atoms with E-state index in [1.165, 1.54) is 11.1 Å². The molecule has 4 heteroatoms. The van der Waals surface area contributed by atoms with Crippen LogP contribution in [0.1, 0.15) is 44.2 Å². The minimum Gasteiger partial charge on any atom is -0.444 e. The first-order chi connectivity index (χ1) is 9.85. The van der Waals surface area contributed by atoms with Crippen LogP contribution in [-0.2, 0) is 11.2 Å². The van der Waals surface area contributed by atoms with E-state index in [0.29, 0.717) is 6.54 Å². The summed E-state index contributed by atoms with van der Waals surface area (Å²) in [6, 6.07) is 6.01. The first-order valence-electron chi connectivity index (χ1n) is 7.19. The maximum absolute atomic E-state index is 11.5. The van der Waals surface area contributed by atoms with E-state index in [1.54, 1.807) is 0 Å². The standard InChI is InChI=1S/C17H22N2O2/c1-17(2,3)21-16(20)19-10-4-5-12-6-7-13-8-9-14(18)11-15(12)13/h8-9,11-12H,6-7,10,18H2,1-3H3,(H,19,20)/t12-/m1/s1. The normalized spacial score (nSPS) is 16.6. The van der Waals surface area contributed by atoms with Crippen molar-refractivity contribution in [3.05, 3.63) is 29.3 Å². The van der Waals surface area contributed by atoms with Gasteiger partial charge in [0.2, 0.25) is 0 Å². The molecular formula is C17H22N2O2. The van der Waals surface area contributed by atoms with E-state index in [0.717, 1.165) is 18.5 Å². The monoisotopic (exact) mass is 286 g/mol. The molecule has 0 unspecified atom stereocenters. The largest absolute Gasteiger partial charge is 0.444 e. The van der Waals surface area contributed by atoms with Gasteiger partial charge in [-0.3, -0.25) is 0 Å². The molecule has 0 aliphatic heterocycles. The highest BCUT2D eigenvalue weighted by Crippen LogP contribution is 2.33. The van der Waals surface area contributed by atoms with Crippen molar-refractivity contribution in [2.24, 2.45) is 0 Å². The molecule has 0 bridgehead atoms. The van der Waals surface area contributed by atoms with Gasteiger partial charge in [-0.2, -0.15) is 0 Å². The smallest absolute Gasteiger partial charge is 0.408 e. The third-order valence-corrected chi connectivity index (χ3v) is 3.24. The third kappa shape index (κ3) is 4.42. The summed E-state index contributed by atoms with van der Waals surface area (Å²) in [4.78, 5) is 11.5. The van der Waals surface area contributed by atoms with Gasteiger partial charge in [0.1, 0.15) is 5.60 Å². The van der Waals surface area contributed by atoms with Crippen LogP contribution in [-0.4, -0.2) is 18.2 Å². The molecular weight excluding hydrogens is 264 g/mol. The lowest BCUT2D eigenvalue weighted by molar-refractivity contribution is 0.0535. The number of hydrogen-bond donors (Lipinski definition) is 2. The van der Waals surface area contributed by atoms with Gasteiger partial charge in [0.15, 0.2) is 0 Å². The summed E-state index contributed by atoms with van der Waals surface area (Å²) in [5.74, 6) is 6.42. The molecule has 1 amide bonds. The molecule has 1 aliphatic rings. The van der Waals surface area contributed by atoms with E-state index in [-0.39, 0.29) is 5.92 Å². The summed E-state index contributed by atoms with van der Waals surface area (Å²) < 4.78 is 5.15. The van der Waals surface area contributed by atoms with Gasteiger partial charge in [-0.1, -0.05) is 17.9 Å². The van der Waals surface area contributed by atoms with Crippen molar-refractivity contribution in [1.29, 1.82) is 0 Å². The number of benzene rings is 1. The van der Waals surface area contributed by atoms with Crippen LogP contribution in [0, 0.1) is 11.8 Å². The van der Waals surface area contributed by atoms with Gasteiger partial charge in [0.25, 0.3) is 0 Å². The lowest BCUT2D eigenvalue weighted by Crippen LogP contribution is -2.32. The predicted molar refractivity (Wildman–Crippen MR) is 83.9 cm³/mol. The molecule has 0 saturated heterocycles. The van der Waals surface area contributed by atoms with Gasteiger partial charge >= 0.3 is 6.09 Å². The number of carbonyl (C=O) groups is 1. The minimum atomic E-state index is -0.487. The molecule has 2 rings (SSSR count). The molecule has 21 heavy (non-hydrogen) atoms. The maximum atomic E-state index is 11.5. The molecule has 0 saturated carbocycles. The summed E-state index contributed by atoms with van der Waals surface area (Å²) >= 11 is 0. The number of amides is 1. The highest BCUT2D eigenvalue weighted by atomic mass is 16.6. The average molecular weight is 286 g/mol. The molecule has 1 aromatic carbocycles. The number of ether oxygens (including phenoxy) is 1. The van der Waals surface area contributed by atoms with Gasteiger partial charge in [-0.15, -0.1) is 0 Å². The summed E-state index contributed by atoms with van der Waals surface area (Å²) in [6.45, 7) is 5.79. The lowest BCUT2D eigenvalue weighted by Gasteiger charge is -2.19. The second-order valence-corrected chi connectivity index (χ2v) is 6.23. The molecule has 112 valence electrons. The van der Waals surface area contributed by atoms with E-state index in [4.69, 9.17) is 10.5 Å².